The number of hydrogen-bond acceptors (Lipinski definition) is 2. The summed E-state index contributed by atoms with van der Waals surface area (Å²) < 4.78 is 52.4. The third kappa shape index (κ3) is 4.49. The zero-order valence-electron chi connectivity index (χ0n) is 11.8. The molecule has 3 N–H and O–H groups in total. The first-order valence-corrected chi connectivity index (χ1v) is 7.22. The van der Waals surface area contributed by atoms with Gasteiger partial charge < -0.3 is 5.73 Å². The van der Waals surface area contributed by atoms with E-state index in [1.54, 1.807) is 27.7 Å². The van der Waals surface area contributed by atoms with Crippen LogP contribution in [-0.2, 0) is 17.2 Å². The van der Waals surface area contributed by atoms with Crippen molar-refractivity contribution < 1.29 is 17.4 Å². The molecule has 0 aliphatic carbocycles. The molecule has 0 heterocycles. The highest BCUT2D eigenvalue weighted by Gasteiger charge is 2.31. The second-order valence-corrected chi connectivity index (χ2v) is 7.60. The molecule has 7 heteroatoms. The van der Waals surface area contributed by atoms with E-state index in [0.29, 0.717) is 5.56 Å². The molecule has 0 spiro atoms. The van der Waals surface area contributed by atoms with Crippen LogP contribution in [0.3, 0.4) is 0 Å². The van der Waals surface area contributed by atoms with Gasteiger partial charge in [-0.3, -0.25) is 0 Å². The molecular weight excluding hydrogens is 289 g/mol. The van der Waals surface area contributed by atoms with E-state index in [2.05, 4.69) is 4.72 Å². The number of halogens is 3. The number of nitrogens with two attached hydrogens (primary N) is 1. The molecule has 1 aromatic rings. The van der Waals surface area contributed by atoms with Gasteiger partial charge in [-0.1, -0.05) is 0 Å². The second kappa shape index (κ2) is 5.73. The van der Waals surface area contributed by atoms with Crippen molar-refractivity contribution in [2.24, 2.45) is 0 Å². The highest BCUT2D eigenvalue weighted by Crippen LogP contribution is 2.32. The SMILES string of the molecule is C[C@@H](N[S@](=O)C(C)(C)C)c1cc(N)cc(C(F)(F)F)c1. The Bertz CT molecular complexity index is 509. The van der Waals surface area contributed by atoms with Crippen LogP contribution in [0.1, 0.15) is 44.9 Å². The Kier molecular flexibility index (Phi) is 4.86. The van der Waals surface area contributed by atoms with Gasteiger partial charge in [-0.2, -0.15) is 13.2 Å². The van der Waals surface area contributed by atoms with E-state index < -0.39 is 33.5 Å². The average molecular weight is 308 g/mol. The Morgan fingerprint density at radius 3 is 2.20 bits per heavy atom. The molecule has 0 aliphatic heterocycles. The van der Waals surface area contributed by atoms with Gasteiger partial charge in [0.05, 0.1) is 21.3 Å². The summed E-state index contributed by atoms with van der Waals surface area (Å²) in [5.41, 5.74) is 5.09. The number of benzene rings is 1. The van der Waals surface area contributed by atoms with Crippen LogP contribution in [0.4, 0.5) is 18.9 Å². The number of nitrogen functional groups attached to an aromatic ring is 1. The summed E-state index contributed by atoms with van der Waals surface area (Å²) in [6.07, 6.45) is -4.45. The van der Waals surface area contributed by atoms with Crippen LogP contribution in [0, 0.1) is 0 Å². The minimum Gasteiger partial charge on any atom is -0.399 e. The van der Waals surface area contributed by atoms with Crippen LogP contribution in [-0.4, -0.2) is 8.96 Å². The summed E-state index contributed by atoms with van der Waals surface area (Å²) >= 11 is 0. The van der Waals surface area contributed by atoms with Crippen LogP contribution >= 0.6 is 0 Å². The van der Waals surface area contributed by atoms with Gasteiger partial charge >= 0.3 is 6.18 Å². The lowest BCUT2D eigenvalue weighted by Gasteiger charge is -2.23. The number of rotatable bonds is 3. The van der Waals surface area contributed by atoms with Gasteiger partial charge in [-0.05, 0) is 51.5 Å². The fourth-order valence-electron chi connectivity index (χ4n) is 1.50. The largest absolute Gasteiger partial charge is 0.416 e. The molecule has 1 rings (SSSR count). The quantitative estimate of drug-likeness (QED) is 0.841. The van der Waals surface area contributed by atoms with Gasteiger partial charge in [-0.25, -0.2) is 8.93 Å². The van der Waals surface area contributed by atoms with Crippen molar-refractivity contribution >= 4 is 16.7 Å². The molecule has 0 saturated heterocycles. The van der Waals surface area contributed by atoms with Gasteiger partial charge in [-0.15, -0.1) is 0 Å². The molecule has 114 valence electrons. The fraction of sp³-hybridized carbons (Fsp3) is 0.538. The number of alkyl halides is 3. The first-order chi connectivity index (χ1) is 8.91. The molecule has 0 fully saturated rings. The van der Waals surface area contributed by atoms with E-state index >= 15 is 0 Å². The maximum absolute atomic E-state index is 12.7. The first kappa shape index (κ1) is 17.0. The van der Waals surface area contributed by atoms with Crippen molar-refractivity contribution in [2.45, 2.75) is 44.7 Å². The standard InChI is InChI=1S/C13H19F3N2OS/c1-8(18-20(19)12(2,3)4)9-5-10(13(14,15)16)7-11(17)6-9/h5-8,18H,17H2,1-4H3/t8-,20-/m1/s1. The molecule has 0 amide bonds. The minimum atomic E-state index is -4.45. The van der Waals surface area contributed by atoms with E-state index in [1.807, 2.05) is 0 Å². The molecule has 0 bridgehead atoms. The molecule has 0 aromatic heterocycles. The van der Waals surface area contributed by atoms with Gasteiger partial charge in [0.15, 0.2) is 0 Å². The van der Waals surface area contributed by atoms with Crippen molar-refractivity contribution in [3.63, 3.8) is 0 Å². The molecular formula is C13H19F3N2OS. The lowest BCUT2D eigenvalue weighted by molar-refractivity contribution is -0.137. The monoisotopic (exact) mass is 308 g/mol. The molecule has 0 aliphatic rings. The molecule has 0 radical (unpaired) electrons. The predicted octanol–water partition coefficient (Wildman–Crippen LogP) is 3.40. The van der Waals surface area contributed by atoms with Crippen molar-refractivity contribution in [3.05, 3.63) is 29.3 Å². The van der Waals surface area contributed by atoms with Gasteiger partial charge in [0.1, 0.15) is 0 Å². The highest BCUT2D eigenvalue weighted by atomic mass is 32.2. The summed E-state index contributed by atoms with van der Waals surface area (Å²) in [5.74, 6) is 0. The summed E-state index contributed by atoms with van der Waals surface area (Å²) in [4.78, 5) is 0. The Balaban J connectivity index is 3.02. The maximum atomic E-state index is 12.7. The van der Waals surface area contributed by atoms with Crippen molar-refractivity contribution in [3.8, 4) is 0 Å². The predicted molar refractivity (Wildman–Crippen MR) is 75.3 cm³/mol. The molecule has 0 unspecified atom stereocenters. The topological polar surface area (TPSA) is 55.1 Å². The smallest absolute Gasteiger partial charge is 0.399 e. The molecule has 20 heavy (non-hydrogen) atoms. The van der Waals surface area contributed by atoms with Crippen LogP contribution in [0.2, 0.25) is 0 Å². The summed E-state index contributed by atoms with van der Waals surface area (Å²) in [5, 5.41) is 0. The Morgan fingerprint density at radius 2 is 1.75 bits per heavy atom. The summed E-state index contributed by atoms with van der Waals surface area (Å²) in [6, 6.07) is 2.86. The lowest BCUT2D eigenvalue weighted by Crippen LogP contribution is -2.34. The molecule has 3 nitrogen and oxygen atoms in total. The zero-order valence-corrected chi connectivity index (χ0v) is 12.7. The summed E-state index contributed by atoms with van der Waals surface area (Å²) in [6.45, 7) is 6.99. The normalized spacial score (nSPS) is 15.9. The summed E-state index contributed by atoms with van der Waals surface area (Å²) in [7, 11) is -1.37. The van der Waals surface area contributed by atoms with E-state index in [9.17, 15) is 17.4 Å². The zero-order chi connectivity index (χ0) is 15.7. The van der Waals surface area contributed by atoms with E-state index in [0.717, 1.165) is 12.1 Å². The van der Waals surface area contributed by atoms with Gasteiger partial charge in [0, 0.05) is 11.7 Å². The van der Waals surface area contributed by atoms with Gasteiger partial charge in [0.2, 0.25) is 0 Å². The third-order valence-corrected chi connectivity index (χ3v) is 4.33. The Hall–Kier alpha value is -1.08. The van der Waals surface area contributed by atoms with Crippen LogP contribution < -0.4 is 10.5 Å². The highest BCUT2D eigenvalue weighted by molar-refractivity contribution is 7.84. The number of anilines is 1. The Labute approximate surface area is 119 Å². The Morgan fingerprint density at radius 1 is 1.20 bits per heavy atom. The van der Waals surface area contributed by atoms with Crippen LogP contribution in [0.5, 0.6) is 0 Å². The maximum Gasteiger partial charge on any atom is 0.416 e. The average Bonchev–Trinajstić information content (AvgIpc) is 2.25. The second-order valence-electron chi connectivity index (χ2n) is 5.61. The first-order valence-electron chi connectivity index (χ1n) is 6.07. The molecule has 0 saturated carbocycles. The molecule has 2 atom stereocenters. The van der Waals surface area contributed by atoms with E-state index in [-0.39, 0.29) is 5.69 Å². The minimum absolute atomic E-state index is 0.0324. The number of hydrogen-bond donors (Lipinski definition) is 2. The van der Waals surface area contributed by atoms with E-state index in [4.69, 9.17) is 5.73 Å². The third-order valence-electron chi connectivity index (χ3n) is 2.64. The fourth-order valence-corrected chi connectivity index (χ4v) is 2.31. The van der Waals surface area contributed by atoms with Crippen LogP contribution in [0.25, 0.3) is 0 Å². The van der Waals surface area contributed by atoms with Crippen molar-refractivity contribution in [2.75, 3.05) is 5.73 Å². The van der Waals surface area contributed by atoms with Gasteiger partial charge in [0.25, 0.3) is 0 Å². The number of nitrogens with one attached hydrogen (secondary N) is 1. The lowest BCUT2D eigenvalue weighted by atomic mass is 10.0. The molecule has 1 aromatic carbocycles. The van der Waals surface area contributed by atoms with E-state index in [1.165, 1.54) is 6.07 Å². The van der Waals surface area contributed by atoms with Crippen molar-refractivity contribution in [1.29, 1.82) is 0 Å². The van der Waals surface area contributed by atoms with Crippen molar-refractivity contribution in [1.82, 2.24) is 4.72 Å². The van der Waals surface area contributed by atoms with Crippen LogP contribution in [0.15, 0.2) is 18.2 Å².